The summed E-state index contributed by atoms with van der Waals surface area (Å²) in [4.78, 5) is 0. The number of nitrogen functional groups attached to an aromatic ring is 1. The lowest BCUT2D eigenvalue weighted by Crippen LogP contribution is -2.04. The van der Waals surface area contributed by atoms with Crippen LogP contribution in [0.1, 0.15) is 11.1 Å². The number of thiophene rings is 1. The maximum atomic E-state index is 5.77. The molecular formula is C13H16N2S. The van der Waals surface area contributed by atoms with E-state index in [0.717, 1.165) is 29.9 Å². The standard InChI is InChI=1S/C13H16N2S/c1-10-8-12(2-3-13(10)14)15-6-4-11-5-7-16-9-11/h2-3,5,7-9,15H,4,6,14H2,1H3. The molecule has 2 rings (SSSR count). The van der Waals surface area contributed by atoms with Gasteiger partial charge in [-0.2, -0.15) is 11.3 Å². The highest BCUT2D eigenvalue weighted by molar-refractivity contribution is 7.07. The minimum atomic E-state index is 0.850. The Bertz CT molecular complexity index is 449. The highest BCUT2D eigenvalue weighted by atomic mass is 32.1. The van der Waals surface area contributed by atoms with Crippen LogP contribution in [-0.4, -0.2) is 6.54 Å². The van der Waals surface area contributed by atoms with E-state index in [1.54, 1.807) is 11.3 Å². The molecule has 3 N–H and O–H groups in total. The fraction of sp³-hybridized carbons (Fsp3) is 0.231. The molecule has 0 saturated heterocycles. The molecule has 0 aliphatic rings. The van der Waals surface area contributed by atoms with Gasteiger partial charge in [-0.05, 0) is 59.5 Å². The Morgan fingerprint density at radius 3 is 2.88 bits per heavy atom. The van der Waals surface area contributed by atoms with Crippen LogP contribution < -0.4 is 11.1 Å². The van der Waals surface area contributed by atoms with E-state index in [1.165, 1.54) is 5.56 Å². The van der Waals surface area contributed by atoms with Gasteiger partial charge in [-0.15, -0.1) is 0 Å². The maximum absolute atomic E-state index is 5.77. The largest absolute Gasteiger partial charge is 0.399 e. The molecule has 3 heteroatoms. The lowest BCUT2D eigenvalue weighted by Gasteiger charge is -2.07. The van der Waals surface area contributed by atoms with Crippen molar-refractivity contribution in [2.75, 3.05) is 17.6 Å². The predicted octanol–water partition coefficient (Wildman–Crippen LogP) is 3.29. The Balaban J connectivity index is 1.87. The van der Waals surface area contributed by atoms with Gasteiger partial charge in [-0.25, -0.2) is 0 Å². The first kappa shape index (κ1) is 11.0. The molecule has 1 heterocycles. The van der Waals surface area contributed by atoms with Crippen LogP contribution >= 0.6 is 11.3 Å². The van der Waals surface area contributed by atoms with Crippen LogP contribution in [0.2, 0.25) is 0 Å². The van der Waals surface area contributed by atoms with Crippen molar-refractivity contribution < 1.29 is 0 Å². The van der Waals surface area contributed by atoms with Gasteiger partial charge in [0, 0.05) is 17.9 Å². The van der Waals surface area contributed by atoms with Crippen molar-refractivity contribution in [3.05, 3.63) is 46.2 Å². The highest BCUT2D eigenvalue weighted by Crippen LogP contribution is 2.16. The van der Waals surface area contributed by atoms with Gasteiger partial charge in [0.15, 0.2) is 0 Å². The van der Waals surface area contributed by atoms with Crippen molar-refractivity contribution >= 4 is 22.7 Å². The van der Waals surface area contributed by atoms with E-state index >= 15 is 0 Å². The normalized spacial score (nSPS) is 10.3. The van der Waals surface area contributed by atoms with E-state index in [9.17, 15) is 0 Å². The average molecular weight is 232 g/mol. The molecule has 0 saturated carbocycles. The molecule has 0 aliphatic heterocycles. The first-order valence-corrected chi connectivity index (χ1v) is 6.31. The second kappa shape index (κ2) is 5.03. The Labute approximate surface area is 100 Å². The Morgan fingerprint density at radius 1 is 1.31 bits per heavy atom. The van der Waals surface area contributed by atoms with E-state index < -0.39 is 0 Å². The van der Waals surface area contributed by atoms with Crippen LogP contribution in [-0.2, 0) is 6.42 Å². The second-order valence-electron chi connectivity index (χ2n) is 3.88. The molecule has 1 aromatic carbocycles. The predicted molar refractivity (Wildman–Crippen MR) is 72.1 cm³/mol. The second-order valence-corrected chi connectivity index (χ2v) is 4.66. The molecule has 16 heavy (non-hydrogen) atoms. The molecule has 0 spiro atoms. The topological polar surface area (TPSA) is 38.0 Å². The number of nitrogens with one attached hydrogen (secondary N) is 1. The number of aryl methyl sites for hydroxylation is 1. The SMILES string of the molecule is Cc1cc(NCCc2ccsc2)ccc1N. The average Bonchev–Trinajstić information content (AvgIpc) is 2.76. The summed E-state index contributed by atoms with van der Waals surface area (Å²) >= 11 is 1.75. The summed E-state index contributed by atoms with van der Waals surface area (Å²) in [5.41, 5.74) is 10.3. The zero-order valence-electron chi connectivity index (χ0n) is 9.36. The summed E-state index contributed by atoms with van der Waals surface area (Å²) in [6.07, 6.45) is 1.06. The highest BCUT2D eigenvalue weighted by Gasteiger charge is 1.97. The minimum absolute atomic E-state index is 0.850. The van der Waals surface area contributed by atoms with Crippen LogP contribution in [0.25, 0.3) is 0 Å². The summed E-state index contributed by atoms with van der Waals surface area (Å²) in [5.74, 6) is 0. The van der Waals surface area contributed by atoms with Gasteiger partial charge in [-0.3, -0.25) is 0 Å². The summed E-state index contributed by atoms with van der Waals surface area (Å²) in [6.45, 7) is 2.99. The number of hydrogen-bond acceptors (Lipinski definition) is 3. The van der Waals surface area contributed by atoms with Gasteiger partial charge >= 0.3 is 0 Å². The van der Waals surface area contributed by atoms with Crippen molar-refractivity contribution in [3.63, 3.8) is 0 Å². The summed E-state index contributed by atoms with van der Waals surface area (Å²) in [5, 5.41) is 7.70. The molecule has 0 bridgehead atoms. The van der Waals surface area contributed by atoms with Crippen LogP contribution in [0.4, 0.5) is 11.4 Å². The number of anilines is 2. The fourth-order valence-corrected chi connectivity index (χ4v) is 2.27. The molecule has 2 nitrogen and oxygen atoms in total. The lowest BCUT2D eigenvalue weighted by molar-refractivity contribution is 1.03. The van der Waals surface area contributed by atoms with E-state index in [4.69, 9.17) is 5.73 Å². The number of rotatable bonds is 4. The van der Waals surface area contributed by atoms with Gasteiger partial charge < -0.3 is 11.1 Å². The van der Waals surface area contributed by atoms with Gasteiger partial charge in [0.2, 0.25) is 0 Å². The van der Waals surface area contributed by atoms with E-state index in [1.807, 2.05) is 19.1 Å². The van der Waals surface area contributed by atoms with Crippen LogP contribution in [0.15, 0.2) is 35.0 Å². The van der Waals surface area contributed by atoms with E-state index in [-0.39, 0.29) is 0 Å². The van der Waals surface area contributed by atoms with Gasteiger partial charge in [0.05, 0.1) is 0 Å². The van der Waals surface area contributed by atoms with Crippen LogP contribution in [0, 0.1) is 6.92 Å². The molecule has 0 atom stereocenters. The smallest absolute Gasteiger partial charge is 0.0345 e. The quantitative estimate of drug-likeness (QED) is 0.794. The lowest BCUT2D eigenvalue weighted by atomic mass is 10.2. The summed E-state index contributed by atoms with van der Waals surface area (Å²) < 4.78 is 0. The zero-order valence-corrected chi connectivity index (χ0v) is 10.2. The maximum Gasteiger partial charge on any atom is 0.0345 e. The Kier molecular flexibility index (Phi) is 3.47. The van der Waals surface area contributed by atoms with Crippen LogP contribution in [0.3, 0.4) is 0 Å². The summed E-state index contributed by atoms with van der Waals surface area (Å²) in [6, 6.07) is 8.22. The molecule has 0 aliphatic carbocycles. The van der Waals surface area contributed by atoms with Gasteiger partial charge in [0.25, 0.3) is 0 Å². The molecule has 0 amide bonds. The monoisotopic (exact) mass is 232 g/mol. The third-order valence-corrected chi connectivity index (χ3v) is 3.32. The first-order valence-electron chi connectivity index (χ1n) is 5.37. The Hall–Kier alpha value is -1.48. The minimum Gasteiger partial charge on any atom is -0.399 e. The number of hydrogen-bond donors (Lipinski definition) is 2. The van der Waals surface area contributed by atoms with E-state index in [2.05, 4.69) is 28.2 Å². The third-order valence-electron chi connectivity index (χ3n) is 2.59. The molecule has 0 radical (unpaired) electrons. The van der Waals surface area contributed by atoms with Gasteiger partial charge in [-0.1, -0.05) is 0 Å². The van der Waals surface area contributed by atoms with E-state index in [0.29, 0.717) is 0 Å². The van der Waals surface area contributed by atoms with Gasteiger partial charge in [0.1, 0.15) is 0 Å². The van der Waals surface area contributed by atoms with Crippen molar-refractivity contribution in [3.8, 4) is 0 Å². The molecule has 0 unspecified atom stereocenters. The summed E-state index contributed by atoms with van der Waals surface area (Å²) in [7, 11) is 0. The van der Waals surface area contributed by atoms with Crippen molar-refractivity contribution in [2.24, 2.45) is 0 Å². The molecule has 1 aromatic heterocycles. The number of nitrogens with two attached hydrogens (primary N) is 1. The number of benzene rings is 1. The molecule has 2 aromatic rings. The third kappa shape index (κ3) is 2.76. The van der Waals surface area contributed by atoms with Crippen molar-refractivity contribution in [1.82, 2.24) is 0 Å². The Morgan fingerprint density at radius 2 is 2.19 bits per heavy atom. The zero-order chi connectivity index (χ0) is 11.4. The first-order chi connectivity index (χ1) is 7.75. The molecule has 0 fully saturated rings. The van der Waals surface area contributed by atoms with Crippen molar-refractivity contribution in [1.29, 1.82) is 0 Å². The van der Waals surface area contributed by atoms with Crippen molar-refractivity contribution in [2.45, 2.75) is 13.3 Å². The molecule has 84 valence electrons. The fourth-order valence-electron chi connectivity index (χ4n) is 1.57. The van der Waals surface area contributed by atoms with Crippen LogP contribution in [0.5, 0.6) is 0 Å². The molecular weight excluding hydrogens is 216 g/mol.